The van der Waals surface area contributed by atoms with Crippen LogP contribution in [0.3, 0.4) is 0 Å². The zero-order valence-electron chi connectivity index (χ0n) is 25.2. The highest BCUT2D eigenvalue weighted by atomic mass is 16.3. The minimum atomic E-state index is -0.857. The lowest BCUT2D eigenvalue weighted by Crippen LogP contribution is -2.45. The maximum atomic E-state index is 12.2. The molecule has 0 saturated heterocycles. The first kappa shape index (κ1) is 36.6. The van der Waals surface area contributed by atoms with Crippen LogP contribution in [0.15, 0.2) is 36.5 Å². The maximum Gasteiger partial charge on any atom is 0.220 e. The molecular formula is C34H63NO3. The summed E-state index contributed by atoms with van der Waals surface area (Å²) in [5.41, 5.74) is 0. The maximum absolute atomic E-state index is 12.2. The second kappa shape index (κ2) is 30.2. The number of rotatable bonds is 28. The minimum Gasteiger partial charge on any atom is -0.394 e. The molecule has 0 aromatic carbocycles. The second-order valence-corrected chi connectivity index (χ2v) is 10.9. The Hall–Kier alpha value is -1.39. The van der Waals surface area contributed by atoms with Crippen molar-refractivity contribution in [3.63, 3.8) is 0 Å². The van der Waals surface area contributed by atoms with Gasteiger partial charge in [-0.25, -0.2) is 0 Å². The van der Waals surface area contributed by atoms with Crippen LogP contribution in [0, 0.1) is 0 Å². The summed E-state index contributed by atoms with van der Waals surface area (Å²) in [6.07, 6.45) is 38.0. The zero-order chi connectivity index (χ0) is 27.9. The molecule has 3 N–H and O–H groups in total. The zero-order valence-corrected chi connectivity index (χ0v) is 25.2. The van der Waals surface area contributed by atoms with Crippen LogP contribution < -0.4 is 5.32 Å². The summed E-state index contributed by atoms with van der Waals surface area (Å²) in [7, 11) is 0. The normalized spacial score (nSPS) is 13.7. The van der Waals surface area contributed by atoms with Crippen molar-refractivity contribution in [2.45, 2.75) is 167 Å². The van der Waals surface area contributed by atoms with Crippen molar-refractivity contribution in [3.8, 4) is 0 Å². The lowest BCUT2D eigenvalue weighted by Gasteiger charge is -2.19. The smallest absolute Gasteiger partial charge is 0.220 e. The van der Waals surface area contributed by atoms with Crippen molar-refractivity contribution in [2.24, 2.45) is 0 Å². The highest BCUT2D eigenvalue weighted by Gasteiger charge is 2.17. The van der Waals surface area contributed by atoms with Crippen LogP contribution in [0.25, 0.3) is 0 Å². The number of amides is 1. The third-order valence-corrected chi connectivity index (χ3v) is 7.13. The van der Waals surface area contributed by atoms with Gasteiger partial charge in [0.1, 0.15) is 0 Å². The van der Waals surface area contributed by atoms with Gasteiger partial charge in [0.25, 0.3) is 0 Å². The molecule has 0 aromatic heterocycles. The molecule has 4 nitrogen and oxygen atoms in total. The Morgan fingerprint density at radius 3 is 1.58 bits per heavy atom. The molecule has 0 rings (SSSR count). The number of hydrogen-bond acceptors (Lipinski definition) is 3. The predicted octanol–water partition coefficient (Wildman–Crippen LogP) is 9.12. The summed E-state index contributed by atoms with van der Waals surface area (Å²) >= 11 is 0. The molecule has 2 atom stereocenters. The van der Waals surface area contributed by atoms with Gasteiger partial charge in [-0.3, -0.25) is 4.79 Å². The molecular weight excluding hydrogens is 470 g/mol. The fourth-order valence-electron chi connectivity index (χ4n) is 4.58. The molecule has 0 bridgehead atoms. The molecule has 0 aliphatic carbocycles. The van der Waals surface area contributed by atoms with Gasteiger partial charge in [0, 0.05) is 6.42 Å². The molecule has 38 heavy (non-hydrogen) atoms. The lowest BCUT2D eigenvalue weighted by atomic mass is 10.0. The van der Waals surface area contributed by atoms with Crippen molar-refractivity contribution < 1.29 is 15.0 Å². The van der Waals surface area contributed by atoms with E-state index in [0.29, 0.717) is 12.8 Å². The monoisotopic (exact) mass is 533 g/mol. The van der Waals surface area contributed by atoms with Gasteiger partial charge in [-0.2, -0.15) is 0 Å². The number of aliphatic hydroxyl groups excluding tert-OH is 2. The van der Waals surface area contributed by atoms with Crippen LogP contribution in [0.1, 0.15) is 155 Å². The van der Waals surface area contributed by atoms with Gasteiger partial charge in [0.15, 0.2) is 0 Å². The number of carbonyl (C=O) groups is 1. The van der Waals surface area contributed by atoms with Gasteiger partial charge < -0.3 is 15.5 Å². The number of carbonyl (C=O) groups excluding carboxylic acids is 1. The molecule has 0 saturated carbocycles. The van der Waals surface area contributed by atoms with Crippen LogP contribution in [0.5, 0.6) is 0 Å². The summed E-state index contributed by atoms with van der Waals surface area (Å²) < 4.78 is 0. The van der Waals surface area contributed by atoms with E-state index < -0.39 is 12.1 Å². The third-order valence-electron chi connectivity index (χ3n) is 7.13. The predicted molar refractivity (Wildman–Crippen MR) is 165 cm³/mol. The van der Waals surface area contributed by atoms with Crippen LogP contribution in [-0.2, 0) is 4.79 Å². The molecule has 222 valence electrons. The molecule has 4 heteroatoms. The Morgan fingerprint density at radius 1 is 0.632 bits per heavy atom. The molecule has 0 aliphatic heterocycles. The van der Waals surface area contributed by atoms with Gasteiger partial charge in [0.2, 0.25) is 5.91 Å². The van der Waals surface area contributed by atoms with Crippen molar-refractivity contribution in [2.75, 3.05) is 6.61 Å². The van der Waals surface area contributed by atoms with Crippen LogP contribution in [0.2, 0.25) is 0 Å². The number of aliphatic hydroxyl groups is 2. The number of unbranched alkanes of at least 4 members (excludes halogenated alkanes) is 17. The first-order chi connectivity index (χ1) is 18.7. The summed E-state index contributed by atoms with van der Waals surface area (Å²) in [6, 6.07) is -0.648. The van der Waals surface area contributed by atoms with E-state index in [9.17, 15) is 15.0 Å². The molecule has 0 aromatic rings. The van der Waals surface area contributed by atoms with E-state index in [-0.39, 0.29) is 12.5 Å². The minimum absolute atomic E-state index is 0.134. The summed E-state index contributed by atoms with van der Waals surface area (Å²) in [4.78, 5) is 12.2. The summed E-state index contributed by atoms with van der Waals surface area (Å²) in [5, 5.41) is 22.7. The van der Waals surface area contributed by atoms with E-state index in [4.69, 9.17) is 0 Å². The van der Waals surface area contributed by atoms with Gasteiger partial charge in [-0.15, -0.1) is 0 Å². The van der Waals surface area contributed by atoms with Gasteiger partial charge in [-0.1, -0.05) is 147 Å². The number of hydrogen-bond donors (Lipinski definition) is 3. The van der Waals surface area contributed by atoms with Crippen LogP contribution in [0.4, 0.5) is 0 Å². The topological polar surface area (TPSA) is 69.6 Å². The van der Waals surface area contributed by atoms with Gasteiger partial charge in [0.05, 0.1) is 18.8 Å². The summed E-state index contributed by atoms with van der Waals surface area (Å²) in [6.45, 7) is 4.24. The second-order valence-electron chi connectivity index (χ2n) is 10.9. The quantitative estimate of drug-likeness (QED) is 0.0693. The Bertz CT molecular complexity index is 584. The van der Waals surface area contributed by atoms with E-state index in [1.807, 2.05) is 12.2 Å². The van der Waals surface area contributed by atoms with Crippen molar-refractivity contribution >= 4 is 5.91 Å². The van der Waals surface area contributed by atoms with Gasteiger partial charge in [-0.05, 0) is 38.5 Å². The molecule has 0 heterocycles. The number of nitrogens with one attached hydrogen (secondary N) is 1. The number of allylic oxidation sites excluding steroid dienone is 5. The lowest BCUT2D eigenvalue weighted by molar-refractivity contribution is -0.122. The molecule has 0 spiro atoms. The summed E-state index contributed by atoms with van der Waals surface area (Å²) in [5.74, 6) is -0.134. The molecule has 1 amide bonds. The highest BCUT2D eigenvalue weighted by Crippen LogP contribution is 2.12. The largest absolute Gasteiger partial charge is 0.394 e. The molecule has 0 fully saturated rings. The Morgan fingerprint density at radius 2 is 1.08 bits per heavy atom. The SMILES string of the molecule is CCCCCCCC/C=C\C/C=C\CCC(=O)NC(CO)C(O)/C=C/CCCCCCCCCCCCC. The van der Waals surface area contributed by atoms with E-state index in [0.717, 1.165) is 25.7 Å². The molecule has 0 aliphatic rings. The standard InChI is InChI=1S/C34H63NO3/c1-3-5-7-9-11-13-15-17-19-21-23-25-27-29-33(37)32(31-36)35-34(38)30-28-26-24-22-20-18-16-14-12-10-8-6-4-2/h18,20,24,26-27,29,32-33,36-37H,3-17,19,21-23,25,28,30-31H2,1-2H3,(H,35,38)/b20-18-,26-24-,29-27+. The van der Waals surface area contributed by atoms with E-state index in [1.54, 1.807) is 6.08 Å². The van der Waals surface area contributed by atoms with E-state index in [2.05, 4.69) is 37.4 Å². The Kier molecular flexibility index (Phi) is 29.1. The Labute approximate surface area is 236 Å². The van der Waals surface area contributed by atoms with E-state index in [1.165, 1.54) is 103 Å². The van der Waals surface area contributed by atoms with Crippen LogP contribution in [-0.4, -0.2) is 34.9 Å². The molecule has 2 unspecified atom stereocenters. The first-order valence-electron chi connectivity index (χ1n) is 16.2. The average Bonchev–Trinajstić information content (AvgIpc) is 2.92. The van der Waals surface area contributed by atoms with E-state index >= 15 is 0 Å². The fraction of sp³-hybridized carbons (Fsp3) is 0.794. The van der Waals surface area contributed by atoms with Gasteiger partial charge >= 0.3 is 0 Å². The average molecular weight is 534 g/mol. The highest BCUT2D eigenvalue weighted by molar-refractivity contribution is 5.76. The molecule has 0 radical (unpaired) electrons. The third kappa shape index (κ3) is 26.2. The Balaban J connectivity index is 3.77. The van der Waals surface area contributed by atoms with Crippen molar-refractivity contribution in [1.82, 2.24) is 5.32 Å². The fourth-order valence-corrected chi connectivity index (χ4v) is 4.58. The van der Waals surface area contributed by atoms with Crippen molar-refractivity contribution in [3.05, 3.63) is 36.5 Å². The first-order valence-corrected chi connectivity index (χ1v) is 16.2. The van der Waals surface area contributed by atoms with Crippen molar-refractivity contribution in [1.29, 1.82) is 0 Å². The van der Waals surface area contributed by atoms with Crippen LogP contribution >= 0.6 is 0 Å².